The lowest BCUT2D eigenvalue weighted by Crippen LogP contribution is -2.41. The maximum atomic E-state index is 13.1. The highest BCUT2D eigenvalue weighted by atomic mass is 79.9. The summed E-state index contributed by atoms with van der Waals surface area (Å²) < 4.78 is 10.5. The monoisotopic (exact) mass is 515 g/mol. The first kappa shape index (κ1) is 23.4. The van der Waals surface area contributed by atoms with Crippen LogP contribution in [0.15, 0.2) is 69.6 Å². The van der Waals surface area contributed by atoms with Crippen LogP contribution in [-0.2, 0) is 19.1 Å². The number of rotatable bonds is 4. The van der Waals surface area contributed by atoms with Crippen LogP contribution in [0.4, 0.5) is 5.69 Å². The van der Waals surface area contributed by atoms with Crippen LogP contribution >= 0.6 is 27.5 Å². The van der Waals surface area contributed by atoms with Gasteiger partial charge in [0.25, 0.3) is 0 Å². The van der Waals surface area contributed by atoms with Crippen LogP contribution in [0.3, 0.4) is 0 Å². The fourth-order valence-corrected chi connectivity index (χ4v) is 4.86. The van der Waals surface area contributed by atoms with Gasteiger partial charge in [-0.05, 0) is 46.1 Å². The number of carbonyl (C=O) groups excluding carboxylic acids is 2. The number of nitrogens with two attached hydrogens (primary N) is 1. The first-order valence-corrected chi connectivity index (χ1v) is 10.5. The quantitative estimate of drug-likeness (QED) is 0.604. The van der Waals surface area contributed by atoms with E-state index in [1.165, 1.54) is 19.1 Å². The molecule has 1 atom stereocenters. The second kappa shape index (κ2) is 9.47. The molecule has 0 amide bonds. The predicted octanol–water partition coefficient (Wildman–Crippen LogP) is 4.31. The zero-order chi connectivity index (χ0) is 23.6. The van der Waals surface area contributed by atoms with Gasteiger partial charge >= 0.3 is 11.9 Å². The van der Waals surface area contributed by atoms with Gasteiger partial charge in [0.2, 0.25) is 0 Å². The third-order valence-electron chi connectivity index (χ3n) is 5.05. The number of nitrogens with zero attached hydrogens (tertiary/aromatic N) is 2. The third kappa shape index (κ3) is 3.97. The second-order valence-corrected chi connectivity index (χ2v) is 8.18. The number of hydrogen-bond acceptors (Lipinski definition) is 7. The van der Waals surface area contributed by atoms with Gasteiger partial charge < -0.3 is 15.2 Å². The van der Waals surface area contributed by atoms with Gasteiger partial charge in [-0.15, -0.1) is 0 Å². The highest BCUT2D eigenvalue weighted by Crippen LogP contribution is 2.46. The summed E-state index contributed by atoms with van der Waals surface area (Å²) >= 11 is 9.62. The number of methoxy groups -OCH3 is 2. The van der Waals surface area contributed by atoms with Crippen molar-refractivity contribution in [3.8, 4) is 6.07 Å². The van der Waals surface area contributed by atoms with Crippen LogP contribution in [0.2, 0.25) is 5.02 Å². The van der Waals surface area contributed by atoms with E-state index in [0.717, 1.165) is 0 Å². The van der Waals surface area contributed by atoms with Crippen molar-refractivity contribution < 1.29 is 19.1 Å². The fraction of sp³-hybridized carbons (Fsp3) is 0.174. The minimum absolute atomic E-state index is 0.0134. The van der Waals surface area contributed by atoms with Crippen LogP contribution in [-0.4, -0.2) is 26.2 Å². The van der Waals surface area contributed by atoms with E-state index in [9.17, 15) is 14.9 Å². The molecule has 1 aliphatic heterocycles. The molecule has 0 aliphatic carbocycles. The number of carbonyl (C=O) groups is 2. The molecule has 2 aromatic carbocycles. The van der Waals surface area contributed by atoms with Gasteiger partial charge in [0, 0.05) is 9.50 Å². The highest BCUT2D eigenvalue weighted by molar-refractivity contribution is 9.10. The molecular weight excluding hydrogens is 498 g/mol. The van der Waals surface area contributed by atoms with E-state index in [2.05, 4.69) is 22.0 Å². The van der Waals surface area contributed by atoms with Gasteiger partial charge in [-0.25, -0.2) is 9.59 Å². The SMILES string of the molecule is COC(=O)C1=C(C(=O)OC)N(c2c(C)cc(Cl)cc2Br)C(N)=C(C#N)C1c1ccccc1. The Morgan fingerprint density at radius 2 is 1.78 bits per heavy atom. The molecule has 9 heteroatoms. The number of ether oxygens (including phenoxy) is 2. The Balaban J connectivity index is 2.48. The number of nitriles is 1. The summed E-state index contributed by atoms with van der Waals surface area (Å²) in [4.78, 5) is 27.4. The number of anilines is 1. The molecule has 2 aromatic rings. The van der Waals surface area contributed by atoms with Crippen molar-refractivity contribution in [1.29, 1.82) is 5.26 Å². The lowest BCUT2D eigenvalue weighted by molar-refractivity contribution is -0.139. The van der Waals surface area contributed by atoms with Crippen LogP contribution in [0, 0.1) is 18.3 Å². The maximum Gasteiger partial charge on any atom is 0.355 e. The molecule has 32 heavy (non-hydrogen) atoms. The van der Waals surface area contributed by atoms with E-state index in [4.69, 9.17) is 26.8 Å². The Labute approximate surface area is 198 Å². The Morgan fingerprint density at radius 3 is 2.31 bits per heavy atom. The molecule has 1 aliphatic rings. The van der Waals surface area contributed by atoms with Gasteiger partial charge in [0.15, 0.2) is 0 Å². The van der Waals surface area contributed by atoms with Crippen molar-refractivity contribution in [1.82, 2.24) is 0 Å². The first-order chi connectivity index (χ1) is 15.3. The summed E-state index contributed by atoms with van der Waals surface area (Å²) in [5.74, 6) is -2.54. The van der Waals surface area contributed by atoms with E-state index in [0.29, 0.717) is 26.3 Å². The normalized spacial score (nSPS) is 16.0. The molecule has 164 valence electrons. The Hall–Kier alpha value is -3.28. The summed E-state index contributed by atoms with van der Waals surface area (Å²) in [5.41, 5.74) is 8.06. The van der Waals surface area contributed by atoms with Crippen molar-refractivity contribution >= 4 is 45.2 Å². The van der Waals surface area contributed by atoms with Gasteiger partial charge in [0.1, 0.15) is 11.5 Å². The highest BCUT2D eigenvalue weighted by Gasteiger charge is 2.43. The molecule has 0 fully saturated rings. The smallest absolute Gasteiger partial charge is 0.355 e. The Morgan fingerprint density at radius 1 is 1.16 bits per heavy atom. The maximum absolute atomic E-state index is 13.1. The predicted molar refractivity (Wildman–Crippen MR) is 123 cm³/mol. The van der Waals surface area contributed by atoms with E-state index in [1.54, 1.807) is 49.4 Å². The molecule has 3 rings (SSSR count). The summed E-state index contributed by atoms with van der Waals surface area (Å²) in [7, 11) is 2.40. The van der Waals surface area contributed by atoms with Gasteiger partial charge in [-0.2, -0.15) is 5.26 Å². The molecule has 0 spiro atoms. The van der Waals surface area contributed by atoms with Crippen molar-refractivity contribution in [2.75, 3.05) is 19.1 Å². The topological polar surface area (TPSA) is 106 Å². The van der Waals surface area contributed by atoms with Crippen molar-refractivity contribution in [3.05, 3.63) is 85.8 Å². The molecule has 0 saturated heterocycles. The van der Waals surface area contributed by atoms with Crippen LogP contribution in [0.25, 0.3) is 0 Å². The Kier molecular flexibility index (Phi) is 6.92. The molecule has 7 nitrogen and oxygen atoms in total. The molecule has 0 saturated carbocycles. The van der Waals surface area contributed by atoms with E-state index >= 15 is 0 Å². The van der Waals surface area contributed by atoms with Crippen LogP contribution < -0.4 is 10.6 Å². The zero-order valence-electron chi connectivity index (χ0n) is 17.5. The van der Waals surface area contributed by atoms with Gasteiger partial charge in [-0.3, -0.25) is 4.90 Å². The molecular formula is C23H19BrClN3O4. The first-order valence-electron chi connectivity index (χ1n) is 9.38. The lowest BCUT2D eigenvalue weighted by Gasteiger charge is -2.37. The zero-order valence-corrected chi connectivity index (χ0v) is 19.8. The van der Waals surface area contributed by atoms with Gasteiger partial charge in [0.05, 0.1) is 43.0 Å². The number of benzene rings is 2. The second-order valence-electron chi connectivity index (χ2n) is 6.89. The minimum atomic E-state index is -0.926. The average molecular weight is 517 g/mol. The molecule has 0 radical (unpaired) electrons. The number of allylic oxidation sites excluding steroid dienone is 1. The summed E-state index contributed by atoms with van der Waals surface area (Å²) in [6, 6.07) is 14.2. The summed E-state index contributed by atoms with van der Waals surface area (Å²) in [6.45, 7) is 1.77. The van der Waals surface area contributed by atoms with E-state index in [-0.39, 0.29) is 22.7 Å². The minimum Gasteiger partial charge on any atom is -0.466 e. The fourth-order valence-electron chi connectivity index (χ4n) is 3.72. The number of halogens is 2. The molecule has 1 unspecified atom stereocenters. The Bertz CT molecular complexity index is 1180. The molecule has 0 bridgehead atoms. The van der Waals surface area contributed by atoms with Crippen LogP contribution in [0.5, 0.6) is 0 Å². The number of esters is 2. The van der Waals surface area contributed by atoms with Crippen LogP contribution in [0.1, 0.15) is 17.0 Å². The molecule has 2 N–H and O–H groups in total. The van der Waals surface area contributed by atoms with Crippen molar-refractivity contribution in [3.63, 3.8) is 0 Å². The van der Waals surface area contributed by atoms with Gasteiger partial charge in [-0.1, -0.05) is 41.9 Å². The third-order valence-corrected chi connectivity index (χ3v) is 5.88. The lowest BCUT2D eigenvalue weighted by atomic mass is 9.81. The number of aryl methyl sites for hydroxylation is 1. The average Bonchev–Trinajstić information content (AvgIpc) is 2.78. The number of hydrogen-bond donors (Lipinski definition) is 1. The molecule has 0 aromatic heterocycles. The van der Waals surface area contributed by atoms with Crippen molar-refractivity contribution in [2.24, 2.45) is 5.73 Å². The van der Waals surface area contributed by atoms with E-state index < -0.39 is 17.9 Å². The van der Waals surface area contributed by atoms with E-state index in [1.807, 2.05) is 0 Å². The van der Waals surface area contributed by atoms with Crippen molar-refractivity contribution in [2.45, 2.75) is 12.8 Å². The molecule has 1 heterocycles. The summed E-state index contributed by atoms with van der Waals surface area (Å²) in [6.07, 6.45) is 0. The largest absolute Gasteiger partial charge is 0.466 e. The standard InChI is InChI=1S/C23H19BrClN3O4/c1-12-9-14(25)10-16(24)19(12)28-20(23(30)32-3)18(22(29)31-2)17(15(11-26)21(28)27)13-7-5-4-6-8-13/h4-10,17H,27H2,1-3H3. The summed E-state index contributed by atoms with van der Waals surface area (Å²) in [5, 5.41) is 10.5.